The molecule has 2 N–H and O–H groups in total. The van der Waals surface area contributed by atoms with Crippen molar-refractivity contribution < 1.29 is 22.7 Å². The van der Waals surface area contributed by atoms with Gasteiger partial charge in [0, 0.05) is 29.8 Å². The number of alkyl halides is 3. The number of aromatic nitrogens is 2. The number of nitrogens with one attached hydrogen (secondary N) is 2. The molecule has 0 saturated heterocycles. The second-order valence-corrected chi connectivity index (χ2v) is 9.42. The van der Waals surface area contributed by atoms with E-state index in [1.54, 1.807) is 17.6 Å². The molecule has 0 bridgehead atoms. The predicted octanol–water partition coefficient (Wildman–Crippen LogP) is 7.97. The fourth-order valence-electron chi connectivity index (χ4n) is 3.62. The standard InChI is InChI=1S/C26H31F3N4O2S/c1-4-5-6-7-8-9-12-35-23-11-10-20(14-21(23)26(27,28)29)32-25-33-22(16-36-25)19-13-17(2)24(30-15-19)31-18(3)34/h10-11,13-16H,4-9,12H2,1-3H3,(H,32,33)(H,30,31,34). The molecule has 0 unspecified atom stereocenters. The first-order valence-corrected chi connectivity index (χ1v) is 12.9. The van der Waals surface area contributed by atoms with Crippen LogP contribution in [-0.4, -0.2) is 22.5 Å². The lowest BCUT2D eigenvalue weighted by Crippen LogP contribution is -2.10. The number of nitrogens with zero attached hydrogens (tertiary/aromatic N) is 2. The van der Waals surface area contributed by atoms with Gasteiger partial charge in [-0.3, -0.25) is 4.79 Å². The fraction of sp³-hybridized carbons (Fsp3) is 0.423. The Morgan fingerprint density at radius 2 is 1.86 bits per heavy atom. The summed E-state index contributed by atoms with van der Waals surface area (Å²) in [5.41, 5.74) is 1.59. The molecule has 3 aromatic rings. The van der Waals surface area contributed by atoms with Crippen molar-refractivity contribution in [3.8, 4) is 17.0 Å². The van der Waals surface area contributed by atoms with Crippen molar-refractivity contribution in [2.24, 2.45) is 0 Å². The average molecular weight is 521 g/mol. The maximum absolute atomic E-state index is 13.7. The highest BCUT2D eigenvalue weighted by molar-refractivity contribution is 7.14. The molecule has 10 heteroatoms. The second kappa shape index (κ2) is 12.7. The van der Waals surface area contributed by atoms with Crippen LogP contribution in [0.25, 0.3) is 11.3 Å². The highest BCUT2D eigenvalue weighted by atomic mass is 32.1. The highest BCUT2D eigenvalue weighted by Crippen LogP contribution is 2.39. The van der Waals surface area contributed by atoms with Crippen LogP contribution in [-0.2, 0) is 11.0 Å². The van der Waals surface area contributed by atoms with Gasteiger partial charge in [-0.15, -0.1) is 11.3 Å². The molecule has 6 nitrogen and oxygen atoms in total. The van der Waals surface area contributed by atoms with Gasteiger partial charge in [0.15, 0.2) is 5.13 Å². The van der Waals surface area contributed by atoms with Crippen LogP contribution in [0.5, 0.6) is 5.75 Å². The van der Waals surface area contributed by atoms with Gasteiger partial charge in [-0.25, -0.2) is 9.97 Å². The van der Waals surface area contributed by atoms with E-state index in [-0.39, 0.29) is 24.0 Å². The Morgan fingerprint density at radius 1 is 1.11 bits per heavy atom. The van der Waals surface area contributed by atoms with Gasteiger partial charge in [-0.05, 0) is 43.2 Å². The number of unbranched alkanes of at least 4 members (excludes halogenated alkanes) is 5. The zero-order valence-electron chi connectivity index (χ0n) is 20.7. The molecule has 36 heavy (non-hydrogen) atoms. The van der Waals surface area contributed by atoms with Gasteiger partial charge in [-0.1, -0.05) is 39.0 Å². The summed E-state index contributed by atoms with van der Waals surface area (Å²) in [6.07, 6.45) is 3.25. The Morgan fingerprint density at radius 3 is 2.56 bits per heavy atom. The normalized spacial score (nSPS) is 11.4. The molecule has 3 rings (SSSR count). The molecule has 0 atom stereocenters. The third-order valence-electron chi connectivity index (χ3n) is 5.46. The maximum Gasteiger partial charge on any atom is 0.420 e. The topological polar surface area (TPSA) is 76.1 Å². The van der Waals surface area contributed by atoms with Crippen molar-refractivity contribution in [2.45, 2.75) is 65.5 Å². The SMILES string of the molecule is CCCCCCCCOc1ccc(Nc2nc(-c3cnc(NC(C)=O)c(C)c3)cs2)cc1C(F)(F)F. The maximum atomic E-state index is 13.7. The number of pyridine rings is 1. The molecule has 1 aromatic carbocycles. The van der Waals surface area contributed by atoms with Crippen LogP contribution >= 0.6 is 11.3 Å². The lowest BCUT2D eigenvalue weighted by Gasteiger charge is -2.15. The van der Waals surface area contributed by atoms with Gasteiger partial charge >= 0.3 is 6.18 Å². The summed E-state index contributed by atoms with van der Waals surface area (Å²) in [4.78, 5) is 20.0. The van der Waals surface area contributed by atoms with E-state index in [0.29, 0.717) is 16.6 Å². The van der Waals surface area contributed by atoms with Crippen LogP contribution < -0.4 is 15.4 Å². The second-order valence-electron chi connectivity index (χ2n) is 8.56. The van der Waals surface area contributed by atoms with E-state index in [0.717, 1.165) is 49.3 Å². The minimum absolute atomic E-state index is 0.165. The Balaban J connectivity index is 1.67. The fourth-order valence-corrected chi connectivity index (χ4v) is 4.36. The first-order chi connectivity index (χ1) is 17.2. The van der Waals surface area contributed by atoms with Crippen LogP contribution in [0.1, 0.15) is 63.5 Å². The smallest absolute Gasteiger partial charge is 0.420 e. The predicted molar refractivity (Wildman–Crippen MR) is 138 cm³/mol. The first-order valence-electron chi connectivity index (χ1n) is 12.0. The molecule has 0 fully saturated rings. The van der Waals surface area contributed by atoms with Crippen LogP contribution in [0.2, 0.25) is 0 Å². The minimum atomic E-state index is -4.54. The Bertz CT molecular complexity index is 1160. The number of carbonyl (C=O) groups excluding carboxylic acids is 1. The molecule has 0 aliphatic rings. The van der Waals surface area contributed by atoms with Crippen molar-refractivity contribution in [1.82, 2.24) is 9.97 Å². The van der Waals surface area contributed by atoms with Crippen molar-refractivity contribution >= 4 is 33.9 Å². The monoisotopic (exact) mass is 520 g/mol. The highest BCUT2D eigenvalue weighted by Gasteiger charge is 2.34. The van der Waals surface area contributed by atoms with Crippen molar-refractivity contribution in [3.63, 3.8) is 0 Å². The van der Waals surface area contributed by atoms with E-state index < -0.39 is 11.7 Å². The zero-order valence-corrected chi connectivity index (χ0v) is 21.5. The third-order valence-corrected chi connectivity index (χ3v) is 6.22. The van der Waals surface area contributed by atoms with E-state index in [1.807, 2.05) is 13.0 Å². The average Bonchev–Trinajstić information content (AvgIpc) is 3.28. The van der Waals surface area contributed by atoms with E-state index >= 15 is 0 Å². The number of hydrogen-bond donors (Lipinski definition) is 2. The van der Waals surface area contributed by atoms with Gasteiger partial charge in [0.25, 0.3) is 0 Å². The summed E-state index contributed by atoms with van der Waals surface area (Å²) < 4.78 is 46.6. The summed E-state index contributed by atoms with van der Waals surface area (Å²) in [5, 5.41) is 7.85. The molecule has 0 saturated carbocycles. The summed E-state index contributed by atoms with van der Waals surface area (Å²) in [6, 6.07) is 5.80. The van der Waals surface area contributed by atoms with E-state index in [9.17, 15) is 18.0 Å². The van der Waals surface area contributed by atoms with Crippen LogP contribution in [0.15, 0.2) is 35.8 Å². The Hall–Kier alpha value is -3.14. The van der Waals surface area contributed by atoms with Crippen LogP contribution in [0.3, 0.4) is 0 Å². The lowest BCUT2D eigenvalue weighted by atomic mass is 10.1. The summed E-state index contributed by atoms with van der Waals surface area (Å²) >= 11 is 1.27. The zero-order chi connectivity index (χ0) is 26.1. The van der Waals surface area contributed by atoms with Crippen molar-refractivity contribution in [1.29, 1.82) is 0 Å². The van der Waals surface area contributed by atoms with Gasteiger partial charge < -0.3 is 15.4 Å². The number of benzene rings is 1. The minimum Gasteiger partial charge on any atom is -0.493 e. The van der Waals surface area contributed by atoms with Crippen molar-refractivity contribution in [2.75, 3.05) is 17.2 Å². The molecule has 2 heterocycles. The number of aryl methyl sites for hydroxylation is 1. The van der Waals surface area contributed by atoms with Gasteiger partial charge in [-0.2, -0.15) is 13.2 Å². The number of rotatable bonds is 12. The largest absolute Gasteiger partial charge is 0.493 e. The summed E-state index contributed by atoms with van der Waals surface area (Å²) in [6.45, 7) is 5.63. The molecule has 0 radical (unpaired) electrons. The number of thiazole rings is 1. The van der Waals surface area contributed by atoms with Gasteiger partial charge in [0.2, 0.25) is 5.91 Å². The number of amides is 1. The molecular weight excluding hydrogens is 489 g/mol. The molecule has 0 spiro atoms. The molecule has 0 aliphatic carbocycles. The molecule has 2 aromatic heterocycles. The molecular formula is C26H31F3N4O2S. The van der Waals surface area contributed by atoms with E-state index in [2.05, 4.69) is 27.5 Å². The number of anilines is 3. The number of ether oxygens (including phenoxy) is 1. The van der Waals surface area contributed by atoms with Gasteiger partial charge in [0.1, 0.15) is 11.6 Å². The Labute approximate surface area is 213 Å². The molecule has 0 aliphatic heterocycles. The quantitative estimate of drug-likeness (QED) is 0.237. The molecule has 1 amide bonds. The number of halogens is 3. The third kappa shape index (κ3) is 7.94. The van der Waals surface area contributed by atoms with Crippen LogP contribution in [0, 0.1) is 6.92 Å². The molecule has 194 valence electrons. The summed E-state index contributed by atoms with van der Waals surface area (Å²) in [5.74, 6) is 0.0936. The van der Waals surface area contributed by atoms with E-state index in [1.165, 1.54) is 30.7 Å². The number of hydrogen-bond acceptors (Lipinski definition) is 6. The first kappa shape index (κ1) is 27.4. The van der Waals surface area contributed by atoms with Crippen LogP contribution in [0.4, 0.5) is 29.8 Å². The van der Waals surface area contributed by atoms with Gasteiger partial charge in [0.05, 0.1) is 17.9 Å². The Kier molecular flexibility index (Phi) is 9.69. The van der Waals surface area contributed by atoms with Crippen molar-refractivity contribution in [3.05, 3.63) is 47.0 Å². The summed E-state index contributed by atoms with van der Waals surface area (Å²) in [7, 11) is 0. The number of carbonyl (C=O) groups is 1. The lowest BCUT2D eigenvalue weighted by molar-refractivity contribution is -0.138. The van der Waals surface area contributed by atoms with E-state index in [4.69, 9.17) is 4.74 Å².